The highest BCUT2D eigenvalue weighted by Gasteiger charge is 2.43. The molecule has 8 nitrogen and oxygen atoms in total. The molecule has 3 heterocycles. The highest BCUT2D eigenvalue weighted by molar-refractivity contribution is 7.93. The van der Waals surface area contributed by atoms with Crippen molar-refractivity contribution in [3.8, 4) is 0 Å². The molecule has 1 aliphatic carbocycles. The van der Waals surface area contributed by atoms with Crippen molar-refractivity contribution >= 4 is 32.4 Å². The Labute approximate surface area is 206 Å². The molecule has 0 amide bonds. The molecule has 0 spiro atoms. The SMILES string of the molecule is Cc1ccc2nc(N3CCS(=O)(=NC4CC4)c4ccccc4C3)nc(N3CC(CN)(CO)C3)c2c1. The minimum absolute atomic E-state index is 0.0661. The summed E-state index contributed by atoms with van der Waals surface area (Å²) in [6, 6.07) is 14.4. The second-order valence-electron chi connectivity index (χ2n) is 10.3. The van der Waals surface area contributed by atoms with Crippen molar-refractivity contribution in [2.75, 3.05) is 48.3 Å². The Morgan fingerprint density at radius 3 is 2.71 bits per heavy atom. The van der Waals surface area contributed by atoms with E-state index in [0.717, 1.165) is 45.6 Å². The predicted octanol–water partition coefficient (Wildman–Crippen LogP) is 2.71. The summed E-state index contributed by atoms with van der Waals surface area (Å²) < 4.78 is 18.8. The quantitative estimate of drug-likeness (QED) is 0.564. The van der Waals surface area contributed by atoms with Gasteiger partial charge in [0, 0.05) is 43.5 Å². The Balaban J connectivity index is 1.41. The minimum atomic E-state index is -2.48. The number of aliphatic hydroxyl groups excluding tert-OH is 1. The van der Waals surface area contributed by atoms with Crippen LogP contribution in [0.3, 0.4) is 0 Å². The zero-order chi connectivity index (χ0) is 24.2. The van der Waals surface area contributed by atoms with Gasteiger partial charge in [0.05, 0.1) is 38.5 Å². The number of anilines is 2. The van der Waals surface area contributed by atoms with Crippen molar-refractivity contribution in [3.63, 3.8) is 0 Å². The monoisotopic (exact) mass is 492 g/mol. The fourth-order valence-corrected chi connectivity index (χ4v) is 7.51. The third-order valence-electron chi connectivity index (χ3n) is 7.40. The minimum Gasteiger partial charge on any atom is -0.396 e. The molecular weight excluding hydrogens is 460 g/mol. The average molecular weight is 493 g/mol. The van der Waals surface area contributed by atoms with Crippen LogP contribution in [0.1, 0.15) is 24.0 Å². The van der Waals surface area contributed by atoms with Crippen LogP contribution in [0.15, 0.2) is 51.7 Å². The summed E-state index contributed by atoms with van der Waals surface area (Å²) in [5.41, 5.74) is 8.74. The van der Waals surface area contributed by atoms with Crippen LogP contribution in [0.4, 0.5) is 11.8 Å². The van der Waals surface area contributed by atoms with Crippen molar-refractivity contribution in [1.29, 1.82) is 0 Å². The van der Waals surface area contributed by atoms with E-state index in [1.165, 1.54) is 0 Å². The molecule has 2 aromatic carbocycles. The number of benzene rings is 2. The molecule has 6 rings (SSSR count). The molecule has 3 N–H and O–H groups in total. The Hall–Kier alpha value is -2.75. The van der Waals surface area contributed by atoms with E-state index < -0.39 is 9.73 Å². The van der Waals surface area contributed by atoms with E-state index in [1.54, 1.807) is 0 Å². The second-order valence-corrected chi connectivity index (χ2v) is 12.6. The highest BCUT2D eigenvalue weighted by atomic mass is 32.2. The number of hydrogen-bond acceptors (Lipinski definition) is 8. The summed E-state index contributed by atoms with van der Waals surface area (Å²) in [7, 11) is -2.48. The lowest BCUT2D eigenvalue weighted by molar-refractivity contribution is 0.100. The van der Waals surface area contributed by atoms with Gasteiger partial charge in [-0.3, -0.25) is 0 Å². The van der Waals surface area contributed by atoms with Gasteiger partial charge in [0.2, 0.25) is 5.95 Å². The highest BCUT2D eigenvalue weighted by Crippen LogP contribution is 2.38. The van der Waals surface area contributed by atoms with Crippen LogP contribution in [-0.4, -0.2) is 63.9 Å². The lowest BCUT2D eigenvalue weighted by Gasteiger charge is -2.49. The summed E-state index contributed by atoms with van der Waals surface area (Å²) >= 11 is 0. The average Bonchev–Trinajstić information content (AvgIpc) is 3.66. The third-order valence-corrected chi connectivity index (χ3v) is 9.86. The van der Waals surface area contributed by atoms with E-state index in [0.29, 0.717) is 44.4 Å². The van der Waals surface area contributed by atoms with Gasteiger partial charge in [-0.2, -0.15) is 4.98 Å². The Morgan fingerprint density at radius 1 is 1.17 bits per heavy atom. The van der Waals surface area contributed by atoms with Crippen molar-refractivity contribution in [1.82, 2.24) is 9.97 Å². The van der Waals surface area contributed by atoms with Gasteiger partial charge < -0.3 is 20.6 Å². The summed E-state index contributed by atoms with van der Waals surface area (Å²) in [4.78, 5) is 15.2. The van der Waals surface area contributed by atoms with Crippen molar-refractivity contribution in [3.05, 3.63) is 53.6 Å². The normalized spacial score (nSPS) is 23.5. The summed E-state index contributed by atoms with van der Waals surface area (Å²) in [6.07, 6.45) is 2.07. The molecule has 0 radical (unpaired) electrons. The maximum absolute atomic E-state index is 14.0. The maximum atomic E-state index is 14.0. The van der Waals surface area contributed by atoms with E-state index in [-0.39, 0.29) is 18.1 Å². The zero-order valence-electron chi connectivity index (χ0n) is 20.1. The molecule has 1 saturated heterocycles. The lowest BCUT2D eigenvalue weighted by Crippen LogP contribution is -2.62. The summed E-state index contributed by atoms with van der Waals surface area (Å²) in [5.74, 6) is 1.97. The number of nitrogens with zero attached hydrogens (tertiary/aromatic N) is 5. The topological polar surface area (TPSA) is 108 Å². The summed E-state index contributed by atoms with van der Waals surface area (Å²) in [6.45, 7) is 5.06. The Kier molecular flexibility index (Phi) is 5.47. The van der Waals surface area contributed by atoms with E-state index in [1.807, 2.05) is 30.3 Å². The smallest absolute Gasteiger partial charge is 0.228 e. The molecule has 1 saturated carbocycles. The summed E-state index contributed by atoms with van der Waals surface area (Å²) in [5, 5.41) is 10.9. The van der Waals surface area contributed by atoms with Crippen molar-refractivity contribution in [2.24, 2.45) is 15.5 Å². The maximum Gasteiger partial charge on any atom is 0.228 e. The number of rotatable bonds is 5. The molecule has 2 fully saturated rings. The molecule has 9 heteroatoms. The van der Waals surface area contributed by atoms with Crippen LogP contribution < -0.4 is 15.5 Å². The van der Waals surface area contributed by atoms with Crippen molar-refractivity contribution < 1.29 is 9.32 Å². The zero-order valence-corrected chi connectivity index (χ0v) is 20.9. The van der Waals surface area contributed by atoms with Crippen LogP contribution in [-0.2, 0) is 16.3 Å². The van der Waals surface area contributed by atoms with Crippen LogP contribution in [0, 0.1) is 12.3 Å². The first-order valence-electron chi connectivity index (χ1n) is 12.3. The van der Waals surface area contributed by atoms with Gasteiger partial charge in [0.1, 0.15) is 5.82 Å². The van der Waals surface area contributed by atoms with Gasteiger partial charge >= 0.3 is 0 Å². The molecule has 35 heavy (non-hydrogen) atoms. The van der Waals surface area contributed by atoms with Gasteiger partial charge in [0.15, 0.2) is 0 Å². The molecule has 184 valence electrons. The third kappa shape index (κ3) is 4.05. The standard InChI is InChI=1S/C26H32N6O2S/c1-18-6-9-22-21(12-18)24(32-15-26(14-27,16-32)17-33)29-25(28-22)31-10-11-35(34,30-20-7-8-20)23-5-3-2-4-19(23)13-31/h2-6,9,12,20,33H,7-8,10-11,13-17,27H2,1H3. The van der Waals surface area contributed by atoms with Crippen molar-refractivity contribution in [2.45, 2.75) is 37.2 Å². The Bertz CT molecular complexity index is 1400. The molecule has 3 aromatic rings. The molecule has 1 aromatic heterocycles. The van der Waals surface area contributed by atoms with E-state index in [4.69, 9.17) is 20.1 Å². The molecule has 1 atom stereocenters. The predicted molar refractivity (Wildman–Crippen MR) is 139 cm³/mol. The van der Waals surface area contributed by atoms with Gasteiger partial charge in [-0.25, -0.2) is 13.6 Å². The number of aliphatic hydroxyl groups is 1. The van der Waals surface area contributed by atoms with Gasteiger partial charge in [-0.1, -0.05) is 29.8 Å². The number of aromatic nitrogens is 2. The van der Waals surface area contributed by atoms with E-state index in [9.17, 15) is 9.32 Å². The number of aryl methyl sites for hydroxylation is 1. The largest absolute Gasteiger partial charge is 0.396 e. The molecule has 2 aliphatic heterocycles. The molecular formula is C26H32N6O2S. The second kappa shape index (κ2) is 8.43. The molecule has 3 aliphatic rings. The van der Waals surface area contributed by atoms with Gasteiger partial charge in [0.25, 0.3) is 0 Å². The molecule has 0 bridgehead atoms. The van der Waals surface area contributed by atoms with E-state index in [2.05, 4.69) is 28.9 Å². The van der Waals surface area contributed by atoms with Gasteiger partial charge in [-0.05, 0) is 43.5 Å². The Morgan fingerprint density at radius 2 is 1.97 bits per heavy atom. The van der Waals surface area contributed by atoms with Crippen LogP contribution in [0.2, 0.25) is 0 Å². The van der Waals surface area contributed by atoms with Crippen LogP contribution in [0.5, 0.6) is 0 Å². The first-order valence-corrected chi connectivity index (χ1v) is 14.0. The fourth-order valence-electron chi connectivity index (χ4n) is 5.08. The number of fused-ring (bicyclic) bond motifs is 2. The number of nitrogens with two attached hydrogens (primary N) is 1. The lowest BCUT2D eigenvalue weighted by atomic mass is 9.80. The molecule has 1 unspecified atom stereocenters. The first-order chi connectivity index (χ1) is 16.9. The van der Waals surface area contributed by atoms with E-state index >= 15 is 0 Å². The van der Waals surface area contributed by atoms with Crippen LogP contribution in [0.25, 0.3) is 10.9 Å². The van der Waals surface area contributed by atoms with Crippen LogP contribution >= 0.6 is 0 Å². The first kappa shape index (κ1) is 22.7. The van der Waals surface area contributed by atoms with Gasteiger partial charge in [-0.15, -0.1) is 0 Å². The fraction of sp³-hybridized carbons (Fsp3) is 0.462. The number of hydrogen-bond donors (Lipinski definition) is 2.